The molecule has 98 heavy (non-hydrogen) atoms. The molecule has 0 aliphatic rings. The first-order valence-electron chi connectivity index (χ1n) is 35.8. The summed E-state index contributed by atoms with van der Waals surface area (Å²) in [4.78, 5) is 5.40. The van der Waals surface area contributed by atoms with Crippen LogP contribution >= 0.6 is 0 Å². The highest BCUT2D eigenvalue weighted by Gasteiger charge is 2.34. The number of nitrogens with zero attached hydrogens (tertiary/aromatic N) is 4. The van der Waals surface area contributed by atoms with Crippen LogP contribution in [-0.4, -0.2) is 166 Å². The molecule has 15 rings (SSSR count). The summed E-state index contributed by atoms with van der Waals surface area (Å²) in [7, 11) is 46.7. The van der Waals surface area contributed by atoms with Crippen molar-refractivity contribution in [1.82, 2.24) is 8.80 Å². The summed E-state index contributed by atoms with van der Waals surface area (Å²) in [6, 6.07) is 48.3. The van der Waals surface area contributed by atoms with Gasteiger partial charge in [0.25, 0.3) is 0 Å². The molecule has 0 saturated heterocycles. The Hall–Kier alpha value is -8.08. The van der Waals surface area contributed by atoms with E-state index in [-0.39, 0.29) is 10.8 Å². The Morgan fingerprint density at radius 1 is 0.255 bits per heavy atom. The number of aromatic nitrogens is 2. The van der Waals surface area contributed by atoms with E-state index in [2.05, 4.69) is 338 Å². The molecule has 0 fully saturated rings. The highest BCUT2D eigenvalue weighted by molar-refractivity contribution is 6.73. The second kappa shape index (κ2) is 22.7. The molecule has 0 atom stereocenters. The van der Waals surface area contributed by atoms with Crippen molar-refractivity contribution in [1.29, 1.82) is 0 Å². The summed E-state index contributed by atoms with van der Waals surface area (Å²) >= 11 is 0. The molecule has 0 spiro atoms. The summed E-state index contributed by atoms with van der Waals surface area (Å²) in [5.74, 6) is 0. The largest absolute Gasteiger partial charge is 0.310 e. The molecule has 15 aromatic rings. The quantitative estimate of drug-likeness (QED) is 0.141. The van der Waals surface area contributed by atoms with Gasteiger partial charge in [-0.25, -0.2) is 0 Å². The highest BCUT2D eigenvalue weighted by Crippen LogP contribution is 2.53. The van der Waals surface area contributed by atoms with Crippen LogP contribution in [0.3, 0.4) is 0 Å². The van der Waals surface area contributed by atoms with Crippen LogP contribution < -0.4 is 119 Å². The van der Waals surface area contributed by atoms with Crippen molar-refractivity contribution < 1.29 is 0 Å². The first-order chi connectivity index (χ1) is 46.3. The lowest BCUT2D eigenvalue weighted by molar-refractivity contribution is 0.590. The van der Waals surface area contributed by atoms with E-state index < -0.39 is 0 Å². The predicted octanol–water partition coefficient (Wildman–Crippen LogP) is -14.0. The van der Waals surface area contributed by atoms with E-state index in [0.717, 1.165) is 0 Å². The molecule has 0 aliphatic carbocycles. The van der Waals surface area contributed by atoms with Gasteiger partial charge in [0.1, 0.15) is 157 Å². The van der Waals surface area contributed by atoms with Crippen molar-refractivity contribution in [2.45, 2.75) is 52.4 Å². The molecule has 0 bridgehead atoms. The number of para-hydroxylation sites is 2. The van der Waals surface area contributed by atoms with Crippen molar-refractivity contribution in [3.63, 3.8) is 0 Å². The van der Waals surface area contributed by atoms with E-state index in [1.54, 1.807) is 0 Å². The van der Waals surface area contributed by atoms with Gasteiger partial charge in [-0.3, -0.25) is 0 Å². The number of hydrogen-bond acceptors (Lipinski definition) is 2. The number of hydrogen-bond donors (Lipinski definition) is 0. The third-order valence-corrected chi connectivity index (χ3v) is 25.4. The molecule has 0 N–H and O–H groups in total. The SMILES string of the molecule is Bc1c(B)c(B)c(-c2cc(C(C)(C)C)ccc2N(c2c(B)c(B)c(B)c(B)c2B)c2ccc3c4cc5c(cc4n4c6ccccc6c2c34)c2ccc(N(c3ccc(C(C)(C)C)cc3-c3c(B)c(B)c(B)c(B)c3B)c3c(B)c(B)c(B)c(B)c3B)c3c4ccccc4n5c23)c(B)c1B. The lowest BCUT2D eigenvalue weighted by Gasteiger charge is -2.35. The lowest BCUT2D eigenvalue weighted by atomic mass is 9.59. The zero-order chi connectivity index (χ0) is 70.0. The summed E-state index contributed by atoms with van der Waals surface area (Å²) in [6.07, 6.45) is 0. The van der Waals surface area contributed by atoms with E-state index in [4.69, 9.17) is 0 Å². The Labute approximate surface area is 598 Å². The highest BCUT2D eigenvalue weighted by atomic mass is 15.2. The minimum Gasteiger partial charge on any atom is -0.310 e. The Morgan fingerprint density at radius 2 is 0.531 bits per heavy atom. The lowest BCUT2D eigenvalue weighted by Crippen LogP contribution is -2.56. The van der Waals surface area contributed by atoms with Gasteiger partial charge >= 0.3 is 0 Å². The first-order valence-corrected chi connectivity index (χ1v) is 35.8. The molecular weight excluding hydrogens is 1160 g/mol. The van der Waals surface area contributed by atoms with E-state index >= 15 is 0 Å². The summed E-state index contributed by atoms with van der Waals surface area (Å²) in [5.41, 5.74) is 49.3. The maximum Gasteiger partial charge on any atom is 0.141 e. The molecule has 11 aromatic carbocycles. The topological polar surface area (TPSA) is 15.3 Å². The second-order valence-corrected chi connectivity index (χ2v) is 31.9. The minimum absolute atomic E-state index is 0.0767. The van der Waals surface area contributed by atoms with Gasteiger partial charge in [-0.05, 0) is 93.7 Å². The van der Waals surface area contributed by atoms with Gasteiger partial charge in [0.05, 0.1) is 55.8 Å². The van der Waals surface area contributed by atoms with E-state index in [0.29, 0.717) is 0 Å². The number of rotatable bonds is 8. The van der Waals surface area contributed by atoms with Crippen LogP contribution in [-0.2, 0) is 10.8 Å². The molecular formula is C74H78B20N4. The molecule has 4 aromatic heterocycles. The Balaban J connectivity index is 1.05. The van der Waals surface area contributed by atoms with Gasteiger partial charge in [-0.1, -0.05) is 168 Å². The normalized spacial score (nSPS) is 12.4. The fourth-order valence-corrected chi connectivity index (χ4v) is 17.8. The smallest absolute Gasteiger partial charge is 0.141 e. The predicted molar refractivity (Wildman–Crippen MR) is 497 cm³/mol. The average molecular weight is 1240 g/mol. The van der Waals surface area contributed by atoms with Crippen LogP contribution in [0.25, 0.3) is 98.4 Å². The van der Waals surface area contributed by atoms with Gasteiger partial charge in [-0.2, -0.15) is 0 Å². The molecule has 0 radical (unpaired) electrons. The van der Waals surface area contributed by atoms with Crippen molar-refractivity contribution in [2.24, 2.45) is 0 Å². The third-order valence-electron chi connectivity index (χ3n) is 25.4. The number of anilines is 6. The van der Waals surface area contributed by atoms with Gasteiger partial charge in [0.2, 0.25) is 0 Å². The van der Waals surface area contributed by atoms with Crippen LogP contribution in [0.15, 0.2) is 121 Å². The standard InChI is InChI=1S/C74H78B20N4/c1-73(2,3)27-15-19-39(35(23-27)47-49(75)53(79)57(83)54(80)50(47)76)95(71-65(91)61(87)59(85)62(88)66(71)92)41-21-17-29-33-25-44-34(26-43(33)97-37-13-9-7-11-31(37)45(41)69(29)97)30-18-22-42(46-32-12-8-10-14-38(32)98(44)70(30)46)96(72-67(93)63(89)60(86)64(90)68(72)94)40-20-16-28(74(4,5)6)24-36(40)48-51(77)55(81)58(84)56(82)52(48)78/h7-26H,75-94H2,1-6H3. The molecule has 0 aliphatic heterocycles. The summed E-state index contributed by atoms with van der Waals surface area (Å²) in [5, 5.41) is 10.1. The maximum absolute atomic E-state index is 2.70. The maximum atomic E-state index is 2.70. The summed E-state index contributed by atoms with van der Waals surface area (Å²) in [6.45, 7) is 14.1. The van der Waals surface area contributed by atoms with Crippen LogP contribution in [0.5, 0.6) is 0 Å². The van der Waals surface area contributed by atoms with Crippen LogP contribution in [0.1, 0.15) is 52.7 Å². The minimum atomic E-state index is -0.0767. The van der Waals surface area contributed by atoms with E-state index in [9.17, 15) is 0 Å². The Bertz CT molecular complexity index is 5580. The summed E-state index contributed by atoms with van der Waals surface area (Å²) < 4.78 is 5.25. The fourth-order valence-electron chi connectivity index (χ4n) is 17.8. The molecule has 24 heteroatoms. The van der Waals surface area contributed by atoms with Gasteiger partial charge < -0.3 is 18.6 Å². The molecule has 0 saturated carbocycles. The van der Waals surface area contributed by atoms with E-state index in [1.807, 2.05) is 0 Å². The number of fused-ring (bicyclic) bond motifs is 12. The number of benzene rings is 11. The molecule has 0 amide bonds. The van der Waals surface area contributed by atoms with Crippen LogP contribution in [0.2, 0.25) is 0 Å². The molecule has 4 nitrogen and oxygen atoms in total. The van der Waals surface area contributed by atoms with Crippen LogP contribution in [0.4, 0.5) is 34.1 Å². The van der Waals surface area contributed by atoms with Crippen molar-refractivity contribution in [3.05, 3.63) is 132 Å². The zero-order valence-electron chi connectivity index (χ0n) is 63.3. The average Bonchev–Trinajstić information content (AvgIpc) is 1.50. The Morgan fingerprint density at radius 3 is 0.837 bits per heavy atom. The van der Waals surface area contributed by atoms with Gasteiger partial charge in [-0.15, -0.1) is 43.7 Å². The fraction of sp³-hybridized carbons (Fsp3) is 0.108. The van der Waals surface area contributed by atoms with E-state index in [1.165, 1.54) is 253 Å². The van der Waals surface area contributed by atoms with Crippen molar-refractivity contribution in [3.8, 4) is 22.3 Å². The van der Waals surface area contributed by atoms with Crippen LogP contribution in [0, 0.1) is 0 Å². The zero-order valence-corrected chi connectivity index (χ0v) is 63.3. The van der Waals surface area contributed by atoms with Crippen molar-refractivity contribution >= 4 is 376 Å². The molecule has 4 heterocycles. The molecule has 0 unspecified atom stereocenters. The van der Waals surface area contributed by atoms with Crippen molar-refractivity contribution in [2.75, 3.05) is 9.80 Å². The van der Waals surface area contributed by atoms with Gasteiger partial charge in [0, 0.05) is 65.6 Å². The second-order valence-electron chi connectivity index (χ2n) is 31.9. The Kier molecular flexibility index (Phi) is 15.3. The monoisotopic (exact) mass is 1240 g/mol. The first kappa shape index (κ1) is 65.8. The molecule has 454 valence electrons. The third kappa shape index (κ3) is 9.12. The van der Waals surface area contributed by atoms with Gasteiger partial charge in [0.15, 0.2) is 0 Å².